The van der Waals surface area contributed by atoms with Crippen molar-refractivity contribution in [1.29, 1.82) is 0 Å². The summed E-state index contributed by atoms with van der Waals surface area (Å²) in [5.74, 6) is 0. The molecule has 7 heteroatoms. The molecule has 116 valence electrons. The molecule has 0 spiro atoms. The van der Waals surface area contributed by atoms with E-state index in [1.807, 2.05) is 6.92 Å². The van der Waals surface area contributed by atoms with Crippen LogP contribution in [0, 0.1) is 0 Å². The first-order valence-corrected chi connectivity index (χ1v) is 6.11. The molecule has 0 bridgehead atoms. The summed E-state index contributed by atoms with van der Waals surface area (Å²) in [5, 5.41) is 3.20. The highest BCUT2D eigenvalue weighted by Gasteiger charge is 2.35. The third-order valence-corrected chi connectivity index (χ3v) is 3.42. The lowest BCUT2D eigenvalue weighted by molar-refractivity contribution is -0.138. The number of hydrogen-bond donors (Lipinski definition) is 1. The van der Waals surface area contributed by atoms with Crippen LogP contribution in [0.2, 0.25) is 0 Å². The Kier molecular flexibility index (Phi) is 7.88. The van der Waals surface area contributed by atoms with Gasteiger partial charge in [-0.2, -0.15) is 13.2 Å². The van der Waals surface area contributed by atoms with Crippen LogP contribution in [-0.4, -0.2) is 31.1 Å². The molecule has 2 nitrogen and oxygen atoms in total. The zero-order chi connectivity index (χ0) is 13.2. The van der Waals surface area contributed by atoms with Crippen LogP contribution in [-0.2, 0) is 6.18 Å². The molecule has 1 N–H and O–H groups in total. The van der Waals surface area contributed by atoms with Crippen LogP contribution in [0.5, 0.6) is 0 Å². The smallest absolute Gasteiger partial charge is 0.314 e. The van der Waals surface area contributed by atoms with E-state index in [9.17, 15) is 13.2 Å². The Hall–Kier alpha value is -0.490. The highest BCUT2D eigenvalue weighted by molar-refractivity contribution is 5.85. The zero-order valence-corrected chi connectivity index (χ0v) is 12.7. The standard InChI is InChI=1S/C13H17F3N2.2ClH/c1-10(18-8-6-17-7-9-18)11-4-2-3-5-12(11)13(14,15)16;;/h2-5,10,17H,6-9H2,1H3;2*1H/t10-;;/m0../s1. The Morgan fingerprint density at radius 3 is 2.20 bits per heavy atom. The number of piperazine rings is 1. The normalized spacial score (nSPS) is 17.8. The summed E-state index contributed by atoms with van der Waals surface area (Å²) in [7, 11) is 0. The van der Waals surface area contributed by atoms with Crippen molar-refractivity contribution in [2.75, 3.05) is 26.2 Å². The fourth-order valence-electron chi connectivity index (χ4n) is 2.39. The molecule has 1 aromatic rings. The Bertz CT molecular complexity index is 407. The maximum atomic E-state index is 12.9. The second-order valence-electron chi connectivity index (χ2n) is 4.55. The molecule has 1 heterocycles. The topological polar surface area (TPSA) is 15.3 Å². The van der Waals surface area contributed by atoms with E-state index in [-0.39, 0.29) is 30.9 Å². The average Bonchev–Trinajstić information content (AvgIpc) is 2.38. The van der Waals surface area contributed by atoms with Gasteiger partial charge in [0.25, 0.3) is 0 Å². The molecular weight excluding hydrogens is 312 g/mol. The van der Waals surface area contributed by atoms with Gasteiger partial charge >= 0.3 is 6.18 Å². The minimum absolute atomic E-state index is 0. The van der Waals surface area contributed by atoms with E-state index in [2.05, 4.69) is 10.2 Å². The van der Waals surface area contributed by atoms with Crippen molar-refractivity contribution < 1.29 is 13.2 Å². The molecule has 1 atom stereocenters. The summed E-state index contributed by atoms with van der Waals surface area (Å²) in [6.45, 7) is 5.08. The Balaban J connectivity index is 0.00000180. The maximum Gasteiger partial charge on any atom is 0.416 e. The van der Waals surface area contributed by atoms with Crippen LogP contribution in [0.4, 0.5) is 13.2 Å². The van der Waals surface area contributed by atoms with E-state index in [0.717, 1.165) is 32.2 Å². The van der Waals surface area contributed by atoms with E-state index < -0.39 is 11.7 Å². The summed E-state index contributed by atoms with van der Waals surface area (Å²) < 4.78 is 38.8. The number of nitrogens with one attached hydrogen (secondary N) is 1. The minimum Gasteiger partial charge on any atom is -0.314 e. The number of halogens is 5. The molecule has 0 aromatic heterocycles. The van der Waals surface area contributed by atoms with Crippen LogP contribution in [0.15, 0.2) is 24.3 Å². The van der Waals surface area contributed by atoms with Gasteiger partial charge < -0.3 is 5.32 Å². The van der Waals surface area contributed by atoms with Crippen LogP contribution >= 0.6 is 24.8 Å². The molecule has 0 radical (unpaired) electrons. The fraction of sp³-hybridized carbons (Fsp3) is 0.538. The number of benzene rings is 1. The Morgan fingerprint density at radius 2 is 1.65 bits per heavy atom. The lowest BCUT2D eigenvalue weighted by atomic mass is 9.99. The van der Waals surface area contributed by atoms with Gasteiger partial charge in [0.1, 0.15) is 0 Å². The Labute approximate surface area is 129 Å². The van der Waals surface area contributed by atoms with E-state index in [0.29, 0.717) is 5.56 Å². The highest BCUT2D eigenvalue weighted by Crippen LogP contribution is 2.36. The van der Waals surface area contributed by atoms with Gasteiger partial charge in [0.2, 0.25) is 0 Å². The van der Waals surface area contributed by atoms with Crippen molar-refractivity contribution in [2.45, 2.75) is 19.1 Å². The van der Waals surface area contributed by atoms with E-state index in [1.165, 1.54) is 6.07 Å². The monoisotopic (exact) mass is 330 g/mol. The summed E-state index contributed by atoms with van der Waals surface area (Å²) >= 11 is 0. The molecule has 1 fully saturated rings. The van der Waals surface area contributed by atoms with E-state index >= 15 is 0 Å². The number of hydrogen-bond acceptors (Lipinski definition) is 2. The third-order valence-electron chi connectivity index (χ3n) is 3.42. The summed E-state index contributed by atoms with van der Waals surface area (Å²) in [5.41, 5.74) is -0.150. The van der Waals surface area contributed by atoms with Gasteiger partial charge in [-0.05, 0) is 18.6 Å². The molecule has 0 amide bonds. The maximum absolute atomic E-state index is 12.9. The molecule has 0 aliphatic carbocycles. The SMILES string of the molecule is C[C@@H](c1ccccc1C(F)(F)F)N1CCNCC1.Cl.Cl. The summed E-state index contributed by atoms with van der Waals surface area (Å²) in [6, 6.07) is 5.65. The van der Waals surface area contributed by atoms with Crippen LogP contribution in [0.1, 0.15) is 24.1 Å². The zero-order valence-electron chi connectivity index (χ0n) is 11.1. The molecule has 20 heavy (non-hydrogen) atoms. The molecule has 1 aliphatic heterocycles. The van der Waals surface area contributed by atoms with Crippen molar-refractivity contribution in [2.24, 2.45) is 0 Å². The first-order valence-electron chi connectivity index (χ1n) is 6.11. The molecule has 0 saturated carbocycles. The van der Waals surface area contributed by atoms with E-state index in [4.69, 9.17) is 0 Å². The van der Waals surface area contributed by atoms with Gasteiger partial charge in [-0.25, -0.2) is 0 Å². The van der Waals surface area contributed by atoms with Crippen LogP contribution in [0.25, 0.3) is 0 Å². The largest absolute Gasteiger partial charge is 0.416 e. The van der Waals surface area contributed by atoms with E-state index in [1.54, 1.807) is 12.1 Å². The van der Waals surface area contributed by atoms with Crippen molar-refractivity contribution in [3.05, 3.63) is 35.4 Å². The second kappa shape index (κ2) is 8.08. The number of rotatable bonds is 2. The van der Waals surface area contributed by atoms with Gasteiger partial charge in [0.15, 0.2) is 0 Å². The molecule has 1 saturated heterocycles. The molecule has 2 rings (SSSR count). The lowest BCUT2D eigenvalue weighted by Gasteiger charge is -2.34. The first-order chi connectivity index (χ1) is 8.50. The molecule has 1 aliphatic rings. The van der Waals surface area contributed by atoms with Crippen molar-refractivity contribution >= 4 is 24.8 Å². The van der Waals surface area contributed by atoms with Crippen LogP contribution in [0.3, 0.4) is 0 Å². The van der Waals surface area contributed by atoms with Gasteiger partial charge in [0, 0.05) is 32.2 Å². The quantitative estimate of drug-likeness (QED) is 0.892. The molecule has 1 aromatic carbocycles. The summed E-state index contributed by atoms with van der Waals surface area (Å²) in [6.07, 6.45) is -4.28. The van der Waals surface area contributed by atoms with Crippen molar-refractivity contribution in [3.63, 3.8) is 0 Å². The minimum atomic E-state index is -4.28. The number of alkyl halides is 3. The van der Waals surface area contributed by atoms with Gasteiger partial charge in [-0.15, -0.1) is 24.8 Å². The summed E-state index contributed by atoms with van der Waals surface area (Å²) in [4.78, 5) is 2.08. The number of nitrogens with zero attached hydrogens (tertiary/aromatic N) is 1. The predicted molar refractivity (Wildman–Crippen MR) is 78.8 cm³/mol. The van der Waals surface area contributed by atoms with Gasteiger partial charge in [-0.3, -0.25) is 4.90 Å². The Morgan fingerprint density at radius 1 is 1.10 bits per heavy atom. The average molecular weight is 331 g/mol. The lowest BCUT2D eigenvalue weighted by Crippen LogP contribution is -2.44. The molecule has 0 unspecified atom stereocenters. The predicted octanol–water partition coefficient (Wildman–Crippen LogP) is 3.52. The van der Waals surface area contributed by atoms with Crippen molar-refractivity contribution in [3.8, 4) is 0 Å². The van der Waals surface area contributed by atoms with Gasteiger partial charge in [0.05, 0.1) is 5.56 Å². The molecular formula is C13H19Cl2F3N2. The van der Waals surface area contributed by atoms with Gasteiger partial charge in [-0.1, -0.05) is 18.2 Å². The highest BCUT2D eigenvalue weighted by atomic mass is 35.5. The van der Waals surface area contributed by atoms with Crippen LogP contribution < -0.4 is 5.32 Å². The fourth-order valence-corrected chi connectivity index (χ4v) is 2.39. The third kappa shape index (κ3) is 4.52. The second-order valence-corrected chi connectivity index (χ2v) is 4.55. The first kappa shape index (κ1) is 19.5. The van der Waals surface area contributed by atoms with Crippen molar-refractivity contribution in [1.82, 2.24) is 10.2 Å².